The Labute approximate surface area is 208 Å². The lowest BCUT2D eigenvalue weighted by molar-refractivity contribution is -0.144. The van der Waals surface area contributed by atoms with Crippen LogP contribution in [-0.4, -0.2) is 10.6 Å². The van der Waals surface area contributed by atoms with Crippen molar-refractivity contribution in [1.82, 2.24) is 0 Å². The fraction of sp³-hybridized carbons (Fsp3) is 0.333. The van der Waals surface area contributed by atoms with Crippen LogP contribution >= 0.6 is 29.4 Å². The van der Waals surface area contributed by atoms with E-state index in [4.69, 9.17) is 0 Å². The van der Waals surface area contributed by atoms with Gasteiger partial charge in [0.25, 0.3) is 0 Å². The van der Waals surface area contributed by atoms with Gasteiger partial charge in [-0.1, -0.05) is 17.7 Å². The van der Waals surface area contributed by atoms with Gasteiger partial charge < -0.3 is 4.89 Å². The van der Waals surface area contributed by atoms with Crippen LogP contribution in [0.25, 0.3) is 0 Å². The Balaban J connectivity index is 2.69. The Bertz CT molecular complexity index is 1100. The number of alkyl halides is 12. The molecule has 4 nitrogen and oxygen atoms in total. The maximum absolute atomic E-state index is 13.2. The van der Waals surface area contributed by atoms with E-state index in [1.165, 1.54) is 12.0 Å². The van der Waals surface area contributed by atoms with Crippen molar-refractivity contribution in [3.8, 4) is 0 Å². The van der Waals surface area contributed by atoms with E-state index in [2.05, 4.69) is 0 Å². The summed E-state index contributed by atoms with van der Waals surface area (Å²) in [5.41, 5.74) is -9.88. The smallest absolute Gasteiger partial charge is 0.313 e. The third-order valence-electron chi connectivity index (χ3n) is 4.14. The lowest BCUT2D eigenvalue weighted by Gasteiger charge is -2.29. The van der Waals surface area contributed by atoms with Gasteiger partial charge >= 0.3 is 32.4 Å². The van der Waals surface area contributed by atoms with Crippen LogP contribution in [0.5, 0.6) is 0 Å². The number of hydrogen-bond acceptors (Lipinski definition) is 3. The molecule has 0 aromatic heterocycles. The molecule has 0 saturated heterocycles. The first-order valence-electron chi connectivity index (χ1n) is 9.36. The highest BCUT2D eigenvalue weighted by Gasteiger charge is 2.41. The minimum Gasteiger partial charge on any atom is -0.313 e. The first kappa shape index (κ1) is 31.3. The molecular weight excluding hydrogens is 599 g/mol. The zero-order valence-corrected chi connectivity index (χ0v) is 20.3. The highest BCUT2D eigenvalue weighted by Crippen LogP contribution is 2.56. The van der Waals surface area contributed by atoms with Crippen LogP contribution in [0.1, 0.15) is 29.2 Å². The molecule has 2 aromatic rings. The normalized spacial score (nSPS) is 14.9. The summed E-state index contributed by atoms with van der Waals surface area (Å²) < 4.78 is 171. The van der Waals surface area contributed by atoms with Crippen molar-refractivity contribution in [2.24, 2.45) is 0 Å². The van der Waals surface area contributed by atoms with E-state index >= 15 is 0 Å². The van der Waals surface area contributed by atoms with Crippen molar-refractivity contribution < 1.29 is 62.1 Å². The van der Waals surface area contributed by atoms with E-state index < -0.39 is 66.0 Å². The van der Waals surface area contributed by atoms with Crippen molar-refractivity contribution in [3.05, 3.63) is 58.7 Å². The number of nitrogens with zero attached hydrogens (tertiary/aromatic N) is 1. The summed E-state index contributed by atoms with van der Waals surface area (Å²) in [6, 6.07) is -0.332. The number of nitrogens with one attached hydrogen (secondary N) is 1. The summed E-state index contributed by atoms with van der Waals surface area (Å²) in [4.78, 5) is 10.5. The van der Waals surface area contributed by atoms with Crippen LogP contribution in [-0.2, 0) is 29.3 Å². The summed E-state index contributed by atoms with van der Waals surface area (Å²) in [5, 5.41) is 1.51. The summed E-state index contributed by atoms with van der Waals surface area (Å²) >= 11 is 0. The topological polar surface area (TPSA) is 52.6 Å². The minimum atomic E-state index is -5.51. The molecule has 0 aliphatic rings. The Hall–Kier alpha value is -1.91. The molecule has 2 N–H and O–H groups in total. The van der Waals surface area contributed by atoms with Crippen LogP contribution in [0.4, 0.5) is 64.1 Å². The first-order valence-corrected chi connectivity index (χ1v) is 13.2. The minimum absolute atomic E-state index is 0.0270. The standard InChI is InChI=1S/C18H13F12N2O2PS2/c1-2-36-37-32(14-7-11(17(25,26)27)4-12(8-14)18(28,29)30)35(33,34)31-13-5-9(15(19,20)21)3-10(6-13)16(22,23)24/h3-8H,2H2,1H3,(H2,31,33,34). The van der Waals surface area contributed by atoms with Crippen molar-refractivity contribution in [3.63, 3.8) is 0 Å². The van der Waals surface area contributed by atoms with Crippen LogP contribution < -0.4 is 9.16 Å². The van der Waals surface area contributed by atoms with E-state index in [-0.39, 0.29) is 57.2 Å². The van der Waals surface area contributed by atoms with Crippen molar-refractivity contribution >= 4 is 40.8 Å². The van der Waals surface area contributed by atoms with Crippen LogP contribution in [0.2, 0.25) is 0 Å². The highest BCUT2D eigenvalue weighted by atomic mass is 33.1. The third kappa shape index (κ3) is 8.29. The second kappa shape index (κ2) is 10.7. The highest BCUT2D eigenvalue weighted by molar-refractivity contribution is 8.78. The van der Waals surface area contributed by atoms with E-state index in [9.17, 15) is 62.1 Å². The lowest BCUT2D eigenvalue weighted by Crippen LogP contribution is -2.19. The number of halogens is 12. The molecule has 0 heterocycles. The molecule has 0 saturated carbocycles. The summed E-state index contributed by atoms with van der Waals surface area (Å²) in [6.45, 7) is 1.45. The molecule has 1 unspecified atom stereocenters. The number of anilines is 2. The number of benzene rings is 2. The molecule has 208 valence electrons. The second-order valence-corrected chi connectivity index (χ2v) is 11.4. The van der Waals surface area contributed by atoms with Gasteiger partial charge in [-0.25, -0.2) is 8.64 Å². The third-order valence-corrected chi connectivity index (χ3v) is 8.82. The molecule has 2 aromatic carbocycles. The molecule has 0 spiro atoms. The molecule has 0 amide bonds. The SMILES string of the molecule is CCSSN(c1cc(C(F)(F)F)cc(C(F)(F)F)c1)P(=O)(O)Nc1cc(C(F)(F)F)cc(C(F)(F)F)c1. The van der Waals surface area contributed by atoms with Crippen molar-refractivity contribution in [1.29, 1.82) is 0 Å². The molecule has 0 radical (unpaired) electrons. The van der Waals surface area contributed by atoms with E-state index in [1.54, 1.807) is 0 Å². The quantitative estimate of drug-likeness (QED) is 0.141. The molecule has 0 aliphatic heterocycles. The average molecular weight is 612 g/mol. The van der Waals surface area contributed by atoms with E-state index in [1.807, 2.05) is 0 Å². The predicted octanol–water partition coefficient (Wildman–Crippen LogP) is 9.10. The molecule has 0 aliphatic carbocycles. The Morgan fingerprint density at radius 1 is 0.730 bits per heavy atom. The van der Waals surface area contributed by atoms with Crippen LogP contribution in [0, 0.1) is 0 Å². The maximum Gasteiger partial charge on any atom is 0.416 e. The van der Waals surface area contributed by atoms with E-state index in [0.29, 0.717) is 10.8 Å². The lowest BCUT2D eigenvalue weighted by atomic mass is 10.1. The average Bonchev–Trinajstić information content (AvgIpc) is 2.70. The Morgan fingerprint density at radius 3 is 1.41 bits per heavy atom. The Kier molecular flexibility index (Phi) is 9.05. The fourth-order valence-corrected chi connectivity index (χ4v) is 6.61. The molecule has 0 bridgehead atoms. The fourth-order valence-electron chi connectivity index (χ4n) is 2.63. The zero-order chi connectivity index (χ0) is 28.6. The van der Waals surface area contributed by atoms with Gasteiger partial charge in [-0.2, -0.15) is 52.7 Å². The predicted molar refractivity (Wildman–Crippen MR) is 115 cm³/mol. The monoisotopic (exact) mass is 612 g/mol. The molecule has 0 fully saturated rings. The summed E-state index contributed by atoms with van der Waals surface area (Å²) in [7, 11) is -4.72. The van der Waals surface area contributed by atoms with Gasteiger partial charge in [-0.3, -0.25) is 5.09 Å². The van der Waals surface area contributed by atoms with Gasteiger partial charge in [-0.05, 0) is 36.4 Å². The van der Waals surface area contributed by atoms with Gasteiger partial charge in [0.05, 0.1) is 27.9 Å². The summed E-state index contributed by atoms with van der Waals surface area (Å²) in [6.07, 6.45) is -21.4. The number of rotatable bonds is 7. The zero-order valence-electron chi connectivity index (χ0n) is 17.8. The first-order chi connectivity index (χ1) is 16.6. The van der Waals surface area contributed by atoms with Gasteiger partial charge in [0.15, 0.2) is 0 Å². The van der Waals surface area contributed by atoms with Gasteiger partial charge in [0, 0.05) is 22.4 Å². The molecular formula is C18H13F12N2O2PS2. The molecule has 1 atom stereocenters. The van der Waals surface area contributed by atoms with Gasteiger partial charge in [0.1, 0.15) is 0 Å². The maximum atomic E-state index is 13.2. The largest absolute Gasteiger partial charge is 0.416 e. The number of hydrogen-bond donors (Lipinski definition) is 2. The van der Waals surface area contributed by atoms with Crippen LogP contribution in [0.3, 0.4) is 0 Å². The molecule has 19 heteroatoms. The summed E-state index contributed by atoms with van der Waals surface area (Å²) in [5.74, 6) is 0.0774. The van der Waals surface area contributed by atoms with Crippen LogP contribution in [0.15, 0.2) is 36.4 Å². The Morgan fingerprint density at radius 2 is 1.08 bits per heavy atom. The van der Waals surface area contributed by atoms with Crippen molar-refractivity contribution in [2.75, 3.05) is 14.9 Å². The van der Waals surface area contributed by atoms with E-state index in [0.717, 1.165) is 0 Å². The van der Waals surface area contributed by atoms with Gasteiger partial charge in [-0.15, -0.1) is 0 Å². The van der Waals surface area contributed by atoms with Gasteiger partial charge in [0.2, 0.25) is 0 Å². The van der Waals surface area contributed by atoms with Crippen molar-refractivity contribution in [2.45, 2.75) is 31.6 Å². The second-order valence-electron chi connectivity index (χ2n) is 6.97. The molecule has 37 heavy (non-hydrogen) atoms. The molecule has 2 rings (SSSR count).